The monoisotopic (exact) mass is 568 g/mol. The molecule has 17 nitrogen and oxygen atoms in total. The molecule has 0 saturated carbocycles. The average molecular weight is 569 g/mol. The fourth-order valence-corrected chi connectivity index (χ4v) is 5.74. The summed E-state index contributed by atoms with van der Waals surface area (Å²) in [4.78, 5) is 60.3. The van der Waals surface area contributed by atoms with Crippen LogP contribution in [0.3, 0.4) is 0 Å². The molecule has 0 spiro atoms. The van der Waals surface area contributed by atoms with Crippen molar-refractivity contribution in [2.24, 2.45) is 0 Å². The van der Waals surface area contributed by atoms with Crippen molar-refractivity contribution in [3.8, 4) is 0 Å². The predicted molar refractivity (Wildman–Crippen MR) is 97.0 cm³/mol. The van der Waals surface area contributed by atoms with Gasteiger partial charge in [-0.05, 0) is 0 Å². The van der Waals surface area contributed by atoms with Crippen LogP contribution in [-0.4, -0.2) is 70.2 Å². The van der Waals surface area contributed by atoms with Gasteiger partial charge in [-0.1, -0.05) is 11.6 Å². The lowest BCUT2D eigenvalue weighted by Gasteiger charge is -2.31. The van der Waals surface area contributed by atoms with Crippen LogP contribution in [0.15, 0.2) is 15.8 Å². The number of rotatable bonds is 9. The minimum Gasteiger partial charge on any atom is -0.387 e. The Balaban J connectivity index is 2.31. The first kappa shape index (κ1) is 28.4. The molecule has 1 aromatic heterocycles. The van der Waals surface area contributed by atoms with Crippen molar-refractivity contribution < 1.29 is 70.1 Å². The van der Waals surface area contributed by atoms with E-state index in [0.717, 1.165) is 0 Å². The number of halogens is 3. The number of aromatic amines is 1. The van der Waals surface area contributed by atoms with Gasteiger partial charge in [-0.3, -0.25) is 18.9 Å². The van der Waals surface area contributed by atoms with Gasteiger partial charge in [0.1, 0.15) is 17.2 Å². The lowest BCUT2D eigenvalue weighted by molar-refractivity contribution is -0.193. The second-order valence-electron chi connectivity index (χ2n) is 6.21. The van der Waals surface area contributed by atoms with Crippen LogP contribution in [0.2, 0.25) is 5.02 Å². The highest BCUT2D eigenvalue weighted by Crippen LogP contribution is 2.66. The Hall–Kier alpha value is -0.880. The van der Waals surface area contributed by atoms with Gasteiger partial charge in [0.15, 0.2) is 11.8 Å². The van der Waals surface area contributed by atoms with Crippen LogP contribution >= 0.6 is 35.1 Å². The van der Waals surface area contributed by atoms with E-state index in [1.165, 1.54) is 0 Å². The molecule has 2 rings (SSSR count). The first-order valence-electron chi connectivity index (χ1n) is 7.92. The van der Waals surface area contributed by atoms with Gasteiger partial charge in [-0.15, -0.1) is 0 Å². The topological polar surface area (TPSA) is 264 Å². The quantitative estimate of drug-likeness (QED) is 0.172. The molecule has 0 bridgehead atoms. The van der Waals surface area contributed by atoms with E-state index in [9.17, 15) is 47.2 Å². The zero-order valence-corrected chi connectivity index (χ0v) is 18.8. The van der Waals surface area contributed by atoms with E-state index in [1.54, 1.807) is 4.98 Å². The van der Waals surface area contributed by atoms with Crippen LogP contribution in [-0.2, 0) is 31.6 Å². The smallest absolute Gasteiger partial charge is 0.387 e. The zero-order valence-electron chi connectivity index (χ0n) is 15.4. The van der Waals surface area contributed by atoms with E-state index in [1.807, 2.05) is 0 Å². The number of aliphatic hydroxyl groups is 2. The predicted octanol–water partition coefficient (Wildman–Crippen LogP) is -1.21. The third-order valence-electron chi connectivity index (χ3n) is 3.89. The van der Waals surface area contributed by atoms with Crippen molar-refractivity contribution in [1.29, 1.82) is 0 Å². The maximum Gasteiger partial charge on any atom is 0.490 e. The maximum absolute atomic E-state index is 13.8. The molecule has 6 atom stereocenters. The highest BCUT2D eigenvalue weighted by atomic mass is 35.5. The molecular weight excluding hydrogens is 554 g/mol. The minimum atomic E-state index is -5.98. The number of phosphoric acid groups is 3. The van der Waals surface area contributed by atoms with Gasteiger partial charge in [-0.2, -0.15) is 8.62 Å². The molecular formula is C10H14ClF2N2O15P3. The molecule has 23 heteroatoms. The third kappa shape index (κ3) is 6.62. The number of nitrogens with zero attached hydrogens (tertiary/aromatic N) is 1. The first-order valence-corrected chi connectivity index (χ1v) is 12.8. The molecule has 1 aliphatic rings. The molecule has 190 valence electrons. The molecule has 33 heavy (non-hydrogen) atoms. The van der Waals surface area contributed by atoms with Gasteiger partial charge in [0, 0.05) is 6.20 Å². The van der Waals surface area contributed by atoms with E-state index in [-0.39, 0.29) is 0 Å². The van der Waals surface area contributed by atoms with Gasteiger partial charge >= 0.3 is 29.2 Å². The number of phosphoric ester groups is 1. The third-order valence-corrected chi connectivity index (χ3v) is 7.95. The van der Waals surface area contributed by atoms with Gasteiger partial charge in [0.2, 0.25) is 0 Å². The SMILES string of the molecule is O=c1[nH]c(=O)n([C@@H]2O[C@@](COP(=O)(O)OP(=O)(O)OP(=O)(O)O)(C(F)F)[C@@H](O)[C@H]2O)cc1Cl. The zero-order chi connectivity index (χ0) is 25.6. The molecule has 1 saturated heterocycles. The number of hydrogen-bond acceptors (Lipinski definition) is 11. The van der Waals surface area contributed by atoms with Crippen molar-refractivity contribution in [3.05, 3.63) is 32.1 Å². The van der Waals surface area contributed by atoms with Crippen molar-refractivity contribution >= 4 is 35.1 Å². The maximum atomic E-state index is 13.8. The second-order valence-corrected chi connectivity index (χ2v) is 11.0. The minimum absolute atomic E-state index is 0.312. The van der Waals surface area contributed by atoms with Crippen LogP contribution < -0.4 is 11.2 Å². The molecule has 2 heterocycles. The molecule has 0 amide bonds. The molecule has 0 aromatic carbocycles. The summed E-state index contributed by atoms with van der Waals surface area (Å²) in [5, 5.41) is 19.6. The van der Waals surface area contributed by atoms with Crippen LogP contribution in [0.1, 0.15) is 6.23 Å². The largest absolute Gasteiger partial charge is 0.490 e. The summed E-state index contributed by atoms with van der Waals surface area (Å²) in [6.07, 6.45) is -10.4. The Labute approximate surface area is 184 Å². The molecule has 2 unspecified atom stereocenters. The van der Waals surface area contributed by atoms with Crippen molar-refractivity contribution in [3.63, 3.8) is 0 Å². The lowest BCUT2D eigenvalue weighted by atomic mass is 9.96. The Morgan fingerprint density at radius 3 is 2.24 bits per heavy atom. The van der Waals surface area contributed by atoms with Crippen molar-refractivity contribution in [1.82, 2.24) is 9.55 Å². The van der Waals surface area contributed by atoms with Crippen LogP contribution in [0.5, 0.6) is 0 Å². The molecule has 1 fully saturated rings. The van der Waals surface area contributed by atoms with Crippen LogP contribution in [0, 0.1) is 0 Å². The van der Waals surface area contributed by atoms with Gasteiger partial charge in [0.05, 0.1) is 6.61 Å². The van der Waals surface area contributed by atoms with E-state index >= 15 is 0 Å². The lowest BCUT2D eigenvalue weighted by Crippen LogP contribution is -2.52. The summed E-state index contributed by atoms with van der Waals surface area (Å²) < 4.78 is 77.3. The summed E-state index contributed by atoms with van der Waals surface area (Å²) in [5.74, 6) is 0. The highest BCUT2D eigenvalue weighted by Gasteiger charge is 2.61. The summed E-state index contributed by atoms with van der Waals surface area (Å²) >= 11 is 5.53. The van der Waals surface area contributed by atoms with Crippen molar-refractivity contribution in [2.75, 3.05) is 6.61 Å². The summed E-state index contributed by atoms with van der Waals surface area (Å²) in [7, 11) is -17.6. The fraction of sp³-hybridized carbons (Fsp3) is 0.600. The molecule has 0 aliphatic carbocycles. The van der Waals surface area contributed by atoms with E-state index in [0.29, 0.717) is 10.8 Å². The van der Waals surface area contributed by atoms with Gasteiger partial charge in [0.25, 0.3) is 12.0 Å². The number of hydrogen-bond donors (Lipinski definition) is 7. The van der Waals surface area contributed by atoms with E-state index in [2.05, 4.69) is 13.1 Å². The summed E-state index contributed by atoms with van der Waals surface area (Å²) in [5.41, 5.74) is -5.78. The second kappa shape index (κ2) is 9.64. The van der Waals surface area contributed by atoms with Crippen molar-refractivity contribution in [2.45, 2.75) is 30.5 Å². The normalized spacial score (nSPS) is 29.7. The van der Waals surface area contributed by atoms with E-state index in [4.69, 9.17) is 31.0 Å². The standard InChI is InChI=1S/C10H14ClF2N2O15P3/c11-3-1-15(9(19)14-6(3)18)7-4(16)5(17)10(28-7,8(12)13)2-27-32(23,24)30-33(25,26)29-31(20,21)22/h1,4-5,7-8,16-17H,2H2,(H,23,24)(H,25,26)(H,14,18,19)(H2,20,21,22)/t4-,5+,7-,10-/m1/s1. The molecule has 0 radical (unpaired) electrons. The fourth-order valence-electron chi connectivity index (χ4n) is 2.53. The van der Waals surface area contributed by atoms with Gasteiger partial charge < -0.3 is 34.5 Å². The Kier molecular flexibility index (Phi) is 8.28. The van der Waals surface area contributed by atoms with E-state index < -0.39 is 76.8 Å². The average Bonchev–Trinajstić information content (AvgIpc) is 2.86. The highest BCUT2D eigenvalue weighted by molar-refractivity contribution is 7.66. The Morgan fingerprint density at radius 1 is 1.15 bits per heavy atom. The number of H-pyrrole nitrogens is 1. The number of alkyl halides is 2. The Bertz CT molecular complexity index is 1150. The number of ether oxygens (including phenoxy) is 1. The molecule has 1 aromatic rings. The molecule has 1 aliphatic heterocycles. The Morgan fingerprint density at radius 2 is 1.73 bits per heavy atom. The van der Waals surface area contributed by atoms with Crippen LogP contribution in [0.25, 0.3) is 0 Å². The summed E-state index contributed by atoms with van der Waals surface area (Å²) in [6, 6.07) is 0. The number of aromatic nitrogens is 2. The number of nitrogens with one attached hydrogen (secondary N) is 1. The first-order chi connectivity index (χ1) is 14.8. The number of aliphatic hydroxyl groups excluding tert-OH is 2. The summed E-state index contributed by atoms with van der Waals surface area (Å²) in [6.45, 7) is -1.85. The van der Waals surface area contributed by atoms with Gasteiger partial charge in [-0.25, -0.2) is 27.3 Å². The van der Waals surface area contributed by atoms with Crippen LogP contribution in [0.4, 0.5) is 8.78 Å². The molecule has 7 N–H and O–H groups in total.